The first kappa shape index (κ1) is 57.9. The van der Waals surface area contributed by atoms with Gasteiger partial charge in [0.15, 0.2) is 37.2 Å². The third kappa shape index (κ3) is 21.0. The smallest absolute Gasteiger partial charge is 0.458 e. The molecule has 65 heavy (non-hydrogen) atoms. The molecule has 5 aliphatic rings. The van der Waals surface area contributed by atoms with Crippen molar-refractivity contribution in [3.63, 3.8) is 0 Å². The number of rotatable bonds is 10. The molecule has 0 aromatic heterocycles. The molecule has 7 rings (SSSR count). The highest BCUT2D eigenvalue weighted by atomic mass is 127. The van der Waals surface area contributed by atoms with Crippen molar-refractivity contribution in [1.29, 1.82) is 1.34 Å². The Kier molecular flexibility index (Phi) is 30.3. The van der Waals surface area contributed by atoms with E-state index in [1.54, 1.807) is 0 Å². The number of ether oxygens (including phenoxy) is 8. The summed E-state index contributed by atoms with van der Waals surface area (Å²) in [6.45, 7) is -0.310. The SMILES string of the molecule is O=C1O[C@@H]2C[C@@H](CO)OC(OCc3ccccc3)[C@@H]2O1.O=C1O[C@H](CO)C[C@@H](O)[C@H]1O.OC[C@@H]1C[C@@H](O)[C@@H](O)C(O)O1.OC[C@@H]1C[C@@H](O)[C@@H](O)C(OCc2ccccc2)O1.[2H]CI.[2H][B].[AlH][I]. The molecule has 0 amide bonds. The summed E-state index contributed by atoms with van der Waals surface area (Å²) in [6.07, 6.45) is -12.9. The molecule has 2 aromatic rings. The number of alkyl halides is 1. The lowest BCUT2D eigenvalue weighted by atomic mass is 10.0. The minimum Gasteiger partial charge on any atom is -0.458 e. The van der Waals surface area contributed by atoms with E-state index in [9.17, 15) is 24.9 Å². The number of aliphatic hydroxyl groups is 11. The second-order valence-electron chi connectivity index (χ2n) is 14.3. The minimum absolute atomic E-state index is 0.0867. The maximum Gasteiger partial charge on any atom is 0.509 e. The van der Waals surface area contributed by atoms with Gasteiger partial charge in [-0.25, -0.2) is 29.9 Å². The quantitative estimate of drug-likeness (QED) is 0.0516. The molecule has 5 aliphatic heterocycles. The molecule has 367 valence electrons. The van der Waals surface area contributed by atoms with Gasteiger partial charge in [-0.2, -0.15) is 0 Å². The van der Waals surface area contributed by atoms with Crippen molar-refractivity contribution in [2.45, 2.75) is 131 Å². The van der Waals surface area contributed by atoms with E-state index in [1.165, 1.54) is 0 Å². The van der Waals surface area contributed by atoms with E-state index in [0.717, 1.165) is 11.1 Å². The molecule has 25 heteroatoms. The maximum atomic E-state index is 11.2. The summed E-state index contributed by atoms with van der Waals surface area (Å²) < 4.78 is 52.9. The van der Waals surface area contributed by atoms with Crippen molar-refractivity contribution in [2.75, 3.05) is 31.3 Å². The van der Waals surface area contributed by atoms with Crippen LogP contribution in [0.1, 0.15) is 38.2 Å². The summed E-state index contributed by atoms with van der Waals surface area (Å²) in [5.41, 5.74) is 1.94. The number of aliphatic hydroxyl groups excluding tert-OH is 11. The minimum atomic E-state index is -1.46. The predicted octanol–water partition coefficient (Wildman–Crippen LogP) is -2.29. The molecule has 5 fully saturated rings. The van der Waals surface area contributed by atoms with Crippen LogP contribution in [0.4, 0.5) is 4.79 Å². The summed E-state index contributed by atoms with van der Waals surface area (Å²) in [7, 11) is 3.75. The molecule has 3 unspecified atom stereocenters. The Morgan fingerprint density at radius 3 is 1.54 bits per heavy atom. The summed E-state index contributed by atoms with van der Waals surface area (Å²) in [5.74, 6) is -0.872. The van der Waals surface area contributed by atoms with E-state index in [-0.39, 0.29) is 52.3 Å². The molecule has 5 saturated heterocycles. The molecule has 11 N–H and O–H groups in total. The van der Waals surface area contributed by atoms with E-state index in [1.807, 2.05) is 96.3 Å². The molecule has 21 nitrogen and oxygen atoms in total. The lowest BCUT2D eigenvalue weighted by Crippen LogP contribution is -2.50. The lowest BCUT2D eigenvalue weighted by Gasteiger charge is -2.36. The van der Waals surface area contributed by atoms with Gasteiger partial charge in [0, 0.05) is 35.4 Å². The number of hydrogen-bond acceptors (Lipinski definition) is 21. The second-order valence-corrected chi connectivity index (χ2v) is 14.3. The Morgan fingerprint density at radius 1 is 0.631 bits per heavy atom. The van der Waals surface area contributed by atoms with Crippen LogP contribution in [0.2, 0.25) is 0 Å². The van der Waals surface area contributed by atoms with Gasteiger partial charge in [-0.05, 0) is 17.4 Å². The van der Waals surface area contributed by atoms with Gasteiger partial charge >= 0.3 is 12.1 Å². The Balaban J connectivity index is 0.000000439. The van der Waals surface area contributed by atoms with Gasteiger partial charge in [-0.1, -0.05) is 83.3 Å². The second kappa shape index (κ2) is 34.0. The average Bonchev–Trinajstić information content (AvgIpc) is 3.74. The van der Waals surface area contributed by atoms with Crippen molar-refractivity contribution in [3.8, 4) is 0 Å². The van der Waals surface area contributed by atoms with Crippen molar-refractivity contribution < 1.29 is 105 Å². The zero-order valence-electron chi connectivity index (χ0n) is 37.3. The number of hydrogen-bond donors (Lipinski definition) is 11. The highest BCUT2D eigenvalue weighted by molar-refractivity contribution is 14.1. The fraction of sp³-hybridized carbons (Fsp3) is 0.650. The van der Waals surface area contributed by atoms with E-state index < -0.39 is 104 Å². The van der Waals surface area contributed by atoms with Crippen LogP contribution in [0.3, 0.4) is 0 Å². The maximum absolute atomic E-state index is 11.2. The first-order chi connectivity index (χ1) is 32.2. The van der Waals surface area contributed by atoms with Crippen molar-refractivity contribution in [3.05, 3.63) is 71.8 Å². The molecule has 5 heterocycles. The standard InChI is InChI=1S/C14H16O6.C13H18O5.C6H12O5.C6H10O5.CH3I.Al.BH.HI.H/c15-7-10-6-11-12(20-14(16)19-11)13(18-10)17-8-9-4-2-1-3-5-9;14-7-10-6-11(15)12(16)13(18-10)17-8-9-4-2-1-3-5-9;2*7-2-3-1-4(8)5(9)6(10)11-3;1-2;;;;/h1-5,10-13,15H,6-8H2;1-5,10-16H,6-8H2;3-10H,1-2H2;3-5,7-9H,1-2H2;1H3;;2*1H;/q;;;;;+1;;;/p-1/t2*10-,11+,12+,13?;3-,4+,5+,6?;3-,4+,5+;;;;;/m0000...../s1/i;;;;1D;;1D;;. The summed E-state index contributed by atoms with van der Waals surface area (Å²) in [4.78, 5) is 22.3. The van der Waals surface area contributed by atoms with E-state index >= 15 is 0 Å². The third-order valence-corrected chi connectivity index (χ3v) is 9.68. The van der Waals surface area contributed by atoms with Crippen LogP contribution in [0, 0.1) is 0 Å². The van der Waals surface area contributed by atoms with Gasteiger partial charge in [0.1, 0.15) is 18.3 Å². The highest BCUT2D eigenvalue weighted by Crippen LogP contribution is 2.31. The fourth-order valence-corrected chi connectivity index (χ4v) is 6.33. The van der Waals surface area contributed by atoms with E-state index in [0.29, 0.717) is 17.9 Å². The average molecular weight is 1170 g/mol. The number of cyclic esters (lactones) is 1. The Labute approximate surface area is 414 Å². The molecule has 0 spiro atoms. The van der Waals surface area contributed by atoms with Crippen LogP contribution in [0.25, 0.3) is 0 Å². The first-order valence-corrected chi connectivity index (χ1v) is 26.5. The van der Waals surface area contributed by atoms with Crippen molar-refractivity contribution in [2.24, 2.45) is 0 Å². The third-order valence-electron chi connectivity index (χ3n) is 9.68. The zero-order valence-corrected chi connectivity index (χ0v) is 41.0. The highest BCUT2D eigenvalue weighted by Gasteiger charge is 2.49. The van der Waals surface area contributed by atoms with Crippen LogP contribution < -0.4 is 0 Å². The molecule has 0 saturated carbocycles. The van der Waals surface area contributed by atoms with Crippen LogP contribution >= 0.6 is 42.9 Å². The van der Waals surface area contributed by atoms with Gasteiger partial charge in [-0.3, -0.25) is 0 Å². The normalized spacial score (nSPS) is 33.6. The molecular weight excluding hydrogens is 1110 g/mol. The summed E-state index contributed by atoms with van der Waals surface area (Å²) in [6, 6.07) is 19.1. The lowest BCUT2D eigenvalue weighted by molar-refractivity contribution is -0.274. The number of fused-ring (bicyclic) bond motifs is 1. The topological polar surface area (TPSA) is 331 Å². The Hall–Kier alpha value is -1.40. The molecule has 3 radical (unpaired) electrons. The Bertz CT molecular complexity index is 1570. The molecule has 15 atom stereocenters. The Morgan fingerprint density at radius 2 is 1.06 bits per heavy atom. The van der Waals surface area contributed by atoms with Crippen LogP contribution in [0.5, 0.6) is 0 Å². The van der Waals surface area contributed by atoms with Gasteiger partial charge in [0.05, 0.1) is 76.3 Å². The number of halogens is 2. The molecule has 0 aliphatic carbocycles. The fourth-order valence-electron chi connectivity index (χ4n) is 6.33. The number of carbonyl (C=O) groups is 2. The van der Waals surface area contributed by atoms with Gasteiger partial charge in [0.2, 0.25) is 0 Å². The summed E-state index contributed by atoms with van der Waals surface area (Å²) in [5, 5.41) is 99.5. The van der Waals surface area contributed by atoms with Crippen LogP contribution in [-0.2, 0) is 55.9 Å². The monoisotopic (exact) mass is 1170 g/mol. The predicted molar refractivity (Wildman–Crippen MR) is 247 cm³/mol. The van der Waals surface area contributed by atoms with Gasteiger partial charge in [-0.15, -0.1) is 0 Å². The van der Waals surface area contributed by atoms with Crippen LogP contribution in [-0.4, -0.2) is 214 Å². The number of benzene rings is 2. The van der Waals surface area contributed by atoms with Crippen molar-refractivity contribution in [1.82, 2.24) is 0 Å². The molecule has 0 bridgehead atoms. The largest absolute Gasteiger partial charge is 0.509 e. The van der Waals surface area contributed by atoms with Gasteiger partial charge < -0.3 is 94.1 Å². The number of esters is 1. The van der Waals surface area contributed by atoms with Crippen molar-refractivity contribution >= 4 is 76.4 Å². The zero-order chi connectivity index (χ0) is 50.5. The van der Waals surface area contributed by atoms with E-state index in [2.05, 4.69) is 33.4 Å². The summed E-state index contributed by atoms with van der Waals surface area (Å²) >= 11 is 5.96. The van der Waals surface area contributed by atoms with Gasteiger partial charge in [0.25, 0.3) is 13.0 Å². The molecular formula is C40H61AlBI2O21. The first-order valence-electron chi connectivity index (χ1n) is 21.1. The molecule has 2 aromatic carbocycles. The van der Waals surface area contributed by atoms with E-state index in [4.69, 9.17) is 76.7 Å². The number of carbonyl (C=O) groups excluding carboxylic acids is 2. The van der Waals surface area contributed by atoms with Crippen LogP contribution in [0.15, 0.2) is 60.7 Å².